The van der Waals surface area contributed by atoms with Crippen LogP contribution in [0.3, 0.4) is 0 Å². The second-order valence-electron chi connectivity index (χ2n) is 6.40. The maximum absolute atomic E-state index is 3.43. The lowest BCUT2D eigenvalue weighted by molar-refractivity contribution is 0.241. The van der Waals surface area contributed by atoms with Gasteiger partial charge in [-0.05, 0) is 30.8 Å². The predicted octanol–water partition coefficient (Wildman–Crippen LogP) is 2.91. The van der Waals surface area contributed by atoms with Crippen molar-refractivity contribution in [2.45, 2.75) is 41.0 Å². The Balaban J connectivity index is 2.34. The average Bonchev–Trinajstić information content (AvgIpc) is 2.26. The highest BCUT2D eigenvalue weighted by Gasteiger charge is 2.21. The molecule has 0 aromatic carbocycles. The summed E-state index contributed by atoms with van der Waals surface area (Å²) in [7, 11) is 0. The summed E-state index contributed by atoms with van der Waals surface area (Å²) in [6.07, 6.45) is 3.70. The van der Waals surface area contributed by atoms with Crippen molar-refractivity contribution in [3.05, 3.63) is 11.6 Å². The van der Waals surface area contributed by atoms with Crippen LogP contribution in [0.15, 0.2) is 11.6 Å². The van der Waals surface area contributed by atoms with Crippen LogP contribution < -0.4 is 5.32 Å². The van der Waals surface area contributed by atoms with Gasteiger partial charge in [-0.15, -0.1) is 0 Å². The lowest BCUT2D eigenvalue weighted by Gasteiger charge is -2.33. The van der Waals surface area contributed by atoms with E-state index in [2.05, 4.69) is 50.9 Å². The predicted molar refractivity (Wildman–Crippen MR) is 76.3 cm³/mol. The number of hydrogen-bond donors (Lipinski definition) is 1. The number of rotatable bonds is 5. The van der Waals surface area contributed by atoms with E-state index < -0.39 is 0 Å². The lowest BCUT2D eigenvalue weighted by Crippen LogP contribution is -2.37. The van der Waals surface area contributed by atoms with Crippen LogP contribution in [-0.4, -0.2) is 37.6 Å². The third kappa shape index (κ3) is 5.22. The van der Waals surface area contributed by atoms with Crippen molar-refractivity contribution in [1.29, 1.82) is 0 Å². The fourth-order valence-corrected chi connectivity index (χ4v) is 2.45. The lowest BCUT2D eigenvalue weighted by atomic mass is 9.83. The molecule has 2 heteroatoms. The Kier molecular flexibility index (Phi) is 5.68. The summed E-state index contributed by atoms with van der Waals surface area (Å²) >= 11 is 0. The summed E-state index contributed by atoms with van der Waals surface area (Å²) in [5.74, 6) is 0.750. The number of nitrogens with one attached hydrogen (secondary N) is 1. The van der Waals surface area contributed by atoms with Crippen molar-refractivity contribution in [2.24, 2.45) is 11.3 Å². The summed E-state index contributed by atoms with van der Waals surface area (Å²) in [4.78, 5) is 2.58. The highest BCUT2D eigenvalue weighted by molar-refractivity contribution is 5.14. The summed E-state index contributed by atoms with van der Waals surface area (Å²) in [5.41, 5.74) is 2.00. The van der Waals surface area contributed by atoms with Crippen LogP contribution in [0.5, 0.6) is 0 Å². The van der Waals surface area contributed by atoms with E-state index in [0.29, 0.717) is 5.41 Å². The summed E-state index contributed by atoms with van der Waals surface area (Å²) in [5, 5.41) is 3.43. The van der Waals surface area contributed by atoms with Gasteiger partial charge >= 0.3 is 0 Å². The van der Waals surface area contributed by atoms with E-state index in [9.17, 15) is 0 Å². The van der Waals surface area contributed by atoms with Crippen molar-refractivity contribution in [3.8, 4) is 0 Å². The van der Waals surface area contributed by atoms with E-state index in [1.54, 1.807) is 5.57 Å². The molecule has 1 aliphatic heterocycles. The van der Waals surface area contributed by atoms with Crippen LogP contribution in [0.4, 0.5) is 0 Å². The molecule has 1 N–H and O–H groups in total. The Bertz CT molecular complexity index is 250. The first-order chi connectivity index (χ1) is 7.93. The molecule has 17 heavy (non-hydrogen) atoms. The van der Waals surface area contributed by atoms with E-state index in [0.717, 1.165) is 25.6 Å². The second kappa shape index (κ2) is 6.55. The van der Waals surface area contributed by atoms with E-state index in [1.807, 2.05) is 0 Å². The van der Waals surface area contributed by atoms with Crippen molar-refractivity contribution in [3.63, 3.8) is 0 Å². The fourth-order valence-electron chi connectivity index (χ4n) is 2.45. The molecule has 0 aromatic rings. The highest BCUT2D eigenvalue weighted by atomic mass is 15.1. The van der Waals surface area contributed by atoms with Crippen LogP contribution in [-0.2, 0) is 0 Å². The molecular weight excluding hydrogens is 208 g/mol. The minimum absolute atomic E-state index is 0.363. The van der Waals surface area contributed by atoms with E-state index >= 15 is 0 Å². The van der Waals surface area contributed by atoms with Gasteiger partial charge in [-0.2, -0.15) is 0 Å². The second-order valence-corrected chi connectivity index (χ2v) is 6.40. The smallest absolute Gasteiger partial charge is 0.0166 e. The Hall–Kier alpha value is -0.340. The maximum atomic E-state index is 3.43. The van der Waals surface area contributed by atoms with Crippen LogP contribution >= 0.6 is 0 Å². The zero-order valence-electron chi connectivity index (χ0n) is 12.3. The molecule has 0 saturated heterocycles. The summed E-state index contributed by atoms with van der Waals surface area (Å²) in [6.45, 7) is 17.3. The van der Waals surface area contributed by atoms with E-state index in [1.165, 1.54) is 19.5 Å². The quantitative estimate of drug-likeness (QED) is 0.741. The van der Waals surface area contributed by atoms with Gasteiger partial charge in [-0.3, -0.25) is 4.90 Å². The molecule has 0 aromatic heterocycles. The SMILES string of the molecule is CCNCC(C)CN1CC=C(C(C)(C)C)CC1. The Labute approximate surface area is 107 Å². The van der Waals surface area contributed by atoms with Gasteiger partial charge in [0.1, 0.15) is 0 Å². The molecule has 100 valence electrons. The van der Waals surface area contributed by atoms with Gasteiger partial charge in [0.15, 0.2) is 0 Å². The van der Waals surface area contributed by atoms with Crippen LogP contribution in [0.25, 0.3) is 0 Å². The third-order valence-electron chi connectivity index (χ3n) is 3.57. The van der Waals surface area contributed by atoms with Crippen LogP contribution in [0.1, 0.15) is 41.0 Å². The van der Waals surface area contributed by atoms with Crippen molar-refractivity contribution in [1.82, 2.24) is 10.2 Å². The minimum atomic E-state index is 0.363. The Morgan fingerprint density at radius 1 is 1.41 bits per heavy atom. The molecule has 1 rings (SSSR count). The molecule has 0 spiro atoms. The standard InChI is InChI=1S/C15H30N2/c1-6-16-11-13(2)12-17-9-7-14(8-10-17)15(3,4)5/h7,13,16H,6,8-12H2,1-5H3. The largest absolute Gasteiger partial charge is 0.317 e. The van der Waals surface area contributed by atoms with Gasteiger partial charge < -0.3 is 5.32 Å². The molecule has 0 saturated carbocycles. The first-order valence-electron chi connectivity index (χ1n) is 7.06. The highest BCUT2D eigenvalue weighted by Crippen LogP contribution is 2.30. The normalized spacial score (nSPS) is 20.2. The zero-order chi connectivity index (χ0) is 12.9. The van der Waals surface area contributed by atoms with E-state index in [-0.39, 0.29) is 0 Å². The first-order valence-corrected chi connectivity index (χ1v) is 7.06. The molecule has 0 aliphatic carbocycles. The monoisotopic (exact) mass is 238 g/mol. The van der Waals surface area contributed by atoms with Crippen molar-refractivity contribution < 1.29 is 0 Å². The first kappa shape index (κ1) is 14.7. The maximum Gasteiger partial charge on any atom is 0.0166 e. The molecule has 0 bridgehead atoms. The fraction of sp³-hybridized carbons (Fsp3) is 0.867. The molecule has 0 amide bonds. The molecule has 1 atom stereocenters. The summed E-state index contributed by atoms with van der Waals surface area (Å²) in [6, 6.07) is 0. The van der Waals surface area contributed by atoms with Gasteiger partial charge in [-0.1, -0.05) is 46.3 Å². The molecule has 1 aliphatic rings. The molecular formula is C15H30N2. The van der Waals surface area contributed by atoms with E-state index in [4.69, 9.17) is 0 Å². The summed E-state index contributed by atoms with van der Waals surface area (Å²) < 4.78 is 0. The number of nitrogens with zero attached hydrogens (tertiary/aromatic N) is 1. The Morgan fingerprint density at radius 2 is 2.12 bits per heavy atom. The molecule has 1 unspecified atom stereocenters. The number of hydrogen-bond acceptors (Lipinski definition) is 2. The van der Waals surface area contributed by atoms with Gasteiger partial charge in [0, 0.05) is 19.6 Å². The Morgan fingerprint density at radius 3 is 2.59 bits per heavy atom. The molecule has 1 heterocycles. The van der Waals surface area contributed by atoms with Crippen LogP contribution in [0, 0.1) is 11.3 Å². The zero-order valence-corrected chi connectivity index (χ0v) is 12.3. The van der Waals surface area contributed by atoms with Gasteiger partial charge in [0.05, 0.1) is 0 Å². The van der Waals surface area contributed by atoms with Crippen molar-refractivity contribution >= 4 is 0 Å². The molecule has 0 radical (unpaired) electrons. The van der Waals surface area contributed by atoms with Gasteiger partial charge in [-0.25, -0.2) is 0 Å². The van der Waals surface area contributed by atoms with Crippen LogP contribution in [0.2, 0.25) is 0 Å². The third-order valence-corrected chi connectivity index (χ3v) is 3.57. The van der Waals surface area contributed by atoms with Gasteiger partial charge in [0.25, 0.3) is 0 Å². The molecule has 2 nitrogen and oxygen atoms in total. The van der Waals surface area contributed by atoms with Crippen molar-refractivity contribution in [2.75, 3.05) is 32.7 Å². The molecule has 0 fully saturated rings. The minimum Gasteiger partial charge on any atom is -0.317 e. The average molecular weight is 238 g/mol. The van der Waals surface area contributed by atoms with Gasteiger partial charge in [0.2, 0.25) is 0 Å². The topological polar surface area (TPSA) is 15.3 Å².